The second-order valence-corrected chi connectivity index (χ2v) is 4.24. The molecule has 0 amide bonds. The number of carboxylic acids is 1. The highest BCUT2D eigenvalue weighted by Crippen LogP contribution is 2.11. The zero-order chi connectivity index (χ0) is 12.3. The third kappa shape index (κ3) is 3.01. The standard InChI is InChI=1S/C11H11N3O2S/c1-7-2-8(11(15)16)3-10(14-7)12-4-9-5-17-6-13-9/h2-3,5-6H,4H2,1H3,(H,12,14)(H,15,16). The Balaban J connectivity index is 2.13. The lowest BCUT2D eigenvalue weighted by atomic mass is 10.2. The molecule has 88 valence electrons. The molecule has 2 N–H and O–H groups in total. The number of hydrogen-bond acceptors (Lipinski definition) is 5. The average Bonchev–Trinajstić information content (AvgIpc) is 2.78. The number of aromatic nitrogens is 2. The lowest BCUT2D eigenvalue weighted by molar-refractivity contribution is 0.0696. The van der Waals surface area contributed by atoms with Gasteiger partial charge in [-0.2, -0.15) is 0 Å². The molecule has 2 heterocycles. The van der Waals surface area contributed by atoms with Gasteiger partial charge in [0, 0.05) is 11.1 Å². The fraction of sp³-hybridized carbons (Fsp3) is 0.182. The van der Waals surface area contributed by atoms with Crippen LogP contribution in [0.3, 0.4) is 0 Å². The summed E-state index contributed by atoms with van der Waals surface area (Å²) in [5.74, 6) is -0.400. The van der Waals surface area contributed by atoms with Gasteiger partial charge in [0.05, 0.1) is 23.3 Å². The number of nitrogens with zero attached hydrogens (tertiary/aromatic N) is 2. The predicted octanol–water partition coefficient (Wildman–Crippen LogP) is 2.16. The smallest absolute Gasteiger partial charge is 0.335 e. The van der Waals surface area contributed by atoms with Gasteiger partial charge in [-0.3, -0.25) is 0 Å². The van der Waals surface area contributed by atoms with E-state index in [1.54, 1.807) is 12.4 Å². The van der Waals surface area contributed by atoms with Gasteiger partial charge in [-0.25, -0.2) is 14.8 Å². The molecule has 0 aliphatic carbocycles. The van der Waals surface area contributed by atoms with E-state index in [1.165, 1.54) is 23.5 Å². The second kappa shape index (κ2) is 4.92. The molecule has 0 saturated heterocycles. The summed E-state index contributed by atoms with van der Waals surface area (Å²) < 4.78 is 0. The van der Waals surface area contributed by atoms with Gasteiger partial charge in [-0.1, -0.05) is 0 Å². The highest BCUT2D eigenvalue weighted by molar-refractivity contribution is 7.07. The summed E-state index contributed by atoms with van der Waals surface area (Å²) in [5, 5.41) is 13.9. The van der Waals surface area contributed by atoms with Crippen molar-refractivity contribution in [1.82, 2.24) is 9.97 Å². The normalized spacial score (nSPS) is 10.2. The summed E-state index contributed by atoms with van der Waals surface area (Å²) in [4.78, 5) is 19.2. The predicted molar refractivity (Wildman–Crippen MR) is 65.4 cm³/mol. The van der Waals surface area contributed by atoms with E-state index >= 15 is 0 Å². The van der Waals surface area contributed by atoms with Gasteiger partial charge >= 0.3 is 5.97 Å². The van der Waals surface area contributed by atoms with Crippen molar-refractivity contribution in [1.29, 1.82) is 0 Å². The van der Waals surface area contributed by atoms with Crippen molar-refractivity contribution in [2.45, 2.75) is 13.5 Å². The van der Waals surface area contributed by atoms with Gasteiger partial charge in [0.25, 0.3) is 0 Å². The van der Waals surface area contributed by atoms with E-state index in [9.17, 15) is 4.79 Å². The summed E-state index contributed by atoms with van der Waals surface area (Å²) in [5.41, 5.74) is 3.57. The van der Waals surface area contributed by atoms with E-state index in [1.807, 2.05) is 5.38 Å². The molecule has 2 aromatic heterocycles. The summed E-state index contributed by atoms with van der Waals surface area (Å²) in [7, 11) is 0. The molecule has 17 heavy (non-hydrogen) atoms. The number of anilines is 1. The van der Waals surface area contributed by atoms with Crippen LogP contribution >= 0.6 is 11.3 Å². The monoisotopic (exact) mass is 249 g/mol. The highest BCUT2D eigenvalue weighted by Gasteiger charge is 2.06. The zero-order valence-corrected chi connectivity index (χ0v) is 9.99. The number of pyridine rings is 1. The summed E-state index contributed by atoms with van der Waals surface area (Å²) >= 11 is 1.52. The molecule has 6 heteroatoms. The molecule has 0 radical (unpaired) electrons. The summed E-state index contributed by atoms with van der Waals surface area (Å²) in [6.45, 7) is 2.31. The lowest BCUT2D eigenvalue weighted by Crippen LogP contribution is -2.05. The third-order valence-corrected chi connectivity index (χ3v) is 2.77. The molecule has 5 nitrogen and oxygen atoms in total. The number of thiazole rings is 1. The van der Waals surface area contributed by atoms with E-state index in [0.29, 0.717) is 18.1 Å². The first-order valence-electron chi connectivity index (χ1n) is 4.98. The molecular weight excluding hydrogens is 238 g/mol. The molecule has 0 unspecified atom stereocenters. The van der Waals surface area contributed by atoms with Gasteiger partial charge in [-0.15, -0.1) is 11.3 Å². The van der Waals surface area contributed by atoms with E-state index in [-0.39, 0.29) is 5.56 Å². The van der Waals surface area contributed by atoms with Crippen LogP contribution in [0.15, 0.2) is 23.0 Å². The Morgan fingerprint density at radius 3 is 3.00 bits per heavy atom. The zero-order valence-electron chi connectivity index (χ0n) is 9.17. The van der Waals surface area contributed by atoms with Crippen LogP contribution in [-0.4, -0.2) is 21.0 Å². The molecule has 2 aromatic rings. The summed E-state index contributed by atoms with van der Waals surface area (Å²) in [6.07, 6.45) is 0. The minimum atomic E-state index is -0.952. The SMILES string of the molecule is Cc1cc(C(=O)O)cc(NCc2cscn2)n1. The molecule has 0 saturated carbocycles. The van der Waals surface area contributed by atoms with Crippen molar-refractivity contribution in [3.8, 4) is 0 Å². The molecule has 0 spiro atoms. The van der Waals surface area contributed by atoms with Crippen LogP contribution in [0, 0.1) is 6.92 Å². The first-order chi connectivity index (χ1) is 8.15. The molecule has 2 rings (SSSR count). The fourth-order valence-corrected chi connectivity index (χ4v) is 1.95. The van der Waals surface area contributed by atoms with Crippen molar-refractivity contribution in [2.24, 2.45) is 0 Å². The minimum Gasteiger partial charge on any atom is -0.478 e. The van der Waals surface area contributed by atoms with E-state index in [2.05, 4.69) is 15.3 Å². The Kier molecular flexibility index (Phi) is 3.34. The molecule has 0 fully saturated rings. The first-order valence-corrected chi connectivity index (χ1v) is 5.92. The number of carbonyl (C=O) groups is 1. The second-order valence-electron chi connectivity index (χ2n) is 3.52. The Morgan fingerprint density at radius 2 is 2.35 bits per heavy atom. The molecule has 0 atom stereocenters. The highest BCUT2D eigenvalue weighted by atomic mass is 32.1. The Labute approximate surface area is 102 Å². The molecule has 0 aliphatic rings. The molecule has 0 bridgehead atoms. The van der Waals surface area contributed by atoms with Crippen molar-refractivity contribution in [3.05, 3.63) is 40.0 Å². The quantitative estimate of drug-likeness (QED) is 0.868. The van der Waals surface area contributed by atoms with Gasteiger partial charge in [0.1, 0.15) is 5.82 Å². The van der Waals surface area contributed by atoms with Gasteiger partial charge in [0.2, 0.25) is 0 Å². The molecule has 0 aromatic carbocycles. The largest absolute Gasteiger partial charge is 0.478 e. The van der Waals surface area contributed by atoms with Gasteiger partial charge in [0.15, 0.2) is 0 Å². The molecule has 0 aliphatic heterocycles. The number of carboxylic acid groups (broad SMARTS) is 1. The van der Waals surface area contributed by atoms with E-state index < -0.39 is 5.97 Å². The first kappa shape index (κ1) is 11.5. The lowest BCUT2D eigenvalue weighted by Gasteiger charge is -2.06. The van der Waals surface area contributed by atoms with Crippen LogP contribution in [0.25, 0.3) is 0 Å². The van der Waals surface area contributed by atoms with Crippen LogP contribution < -0.4 is 5.32 Å². The van der Waals surface area contributed by atoms with Crippen LogP contribution in [0.1, 0.15) is 21.7 Å². The number of nitrogens with one attached hydrogen (secondary N) is 1. The Bertz CT molecular complexity index is 526. The van der Waals surface area contributed by atoms with Crippen LogP contribution in [0.2, 0.25) is 0 Å². The van der Waals surface area contributed by atoms with Crippen molar-refractivity contribution < 1.29 is 9.90 Å². The summed E-state index contributed by atoms with van der Waals surface area (Å²) in [6, 6.07) is 3.05. The number of aromatic carboxylic acids is 1. The Hall–Kier alpha value is -1.95. The number of hydrogen-bond donors (Lipinski definition) is 2. The topological polar surface area (TPSA) is 75.1 Å². The van der Waals surface area contributed by atoms with Crippen molar-refractivity contribution >= 4 is 23.1 Å². The Morgan fingerprint density at radius 1 is 1.53 bits per heavy atom. The van der Waals surface area contributed by atoms with Crippen molar-refractivity contribution in [3.63, 3.8) is 0 Å². The van der Waals surface area contributed by atoms with Gasteiger partial charge < -0.3 is 10.4 Å². The average molecular weight is 249 g/mol. The maximum absolute atomic E-state index is 10.9. The van der Waals surface area contributed by atoms with Gasteiger partial charge in [-0.05, 0) is 19.1 Å². The van der Waals surface area contributed by atoms with Crippen LogP contribution in [0.5, 0.6) is 0 Å². The maximum Gasteiger partial charge on any atom is 0.335 e. The van der Waals surface area contributed by atoms with Crippen LogP contribution in [-0.2, 0) is 6.54 Å². The van der Waals surface area contributed by atoms with E-state index in [0.717, 1.165) is 5.69 Å². The van der Waals surface area contributed by atoms with Crippen molar-refractivity contribution in [2.75, 3.05) is 5.32 Å². The number of aryl methyl sites for hydroxylation is 1. The third-order valence-electron chi connectivity index (χ3n) is 2.13. The molecular formula is C11H11N3O2S. The fourth-order valence-electron chi connectivity index (χ4n) is 1.39. The maximum atomic E-state index is 10.9. The van der Waals surface area contributed by atoms with Crippen LogP contribution in [0.4, 0.5) is 5.82 Å². The van der Waals surface area contributed by atoms with E-state index in [4.69, 9.17) is 5.11 Å². The number of rotatable bonds is 4. The minimum absolute atomic E-state index is 0.235.